The second-order valence-electron chi connectivity index (χ2n) is 4.55. The maximum Gasteiger partial charge on any atom is 0.0860 e. The predicted molar refractivity (Wildman–Crippen MR) is 65.2 cm³/mol. The molecule has 0 radical (unpaired) electrons. The molecule has 16 heavy (non-hydrogen) atoms. The molecule has 4 heteroatoms. The van der Waals surface area contributed by atoms with Gasteiger partial charge in [-0.25, -0.2) is 0 Å². The fraction of sp³-hybridized carbons (Fsp3) is 0.750. The molecule has 0 bridgehead atoms. The van der Waals surface area contributed by atoms with Crippen molar-refractivity contribution < 1.29 is 5.11 Å². The van der Waals surface area contributed by atoms with Crippen molar-refractivity contribution in [3.63, 3.8) is 0 Å². The molecular weight excluding hydrogens is 202 g/mol. The van der Waals surface area contributed by atoms with Crippen molar-refractivity contribution in [2.45, 2.75) is 45.9 Å². The average Bonchev–Trinajstić information content (AvgIpc) is 2.70. The van der Waals surface area contributed by atoms with Crippen LogP contribution in [0.5, 0.6) is 0 Å². The highest BCUT2D eigenvalue weighted by Crippen LogP contribution is 2.05. The van der Waals surface area contributed by atoms with E-state index in [1.807, 2.05) is 12.3 Å². The minimum atomic E-state index is -0.382. The molecule has 2 unspecified atom stereocenters. The Kier molecular flexibility index (Phi) is 5.49. The van der Waals surface area contributed by atoms with Gasteiger partial charge in [-0.1, -0.05) is 20.8 Å². The Balaban J connectivity index is 2.26. The third-order valence-corrected chi connectivity index (χ3v) is 2.82. The summed E-state index contributed by atoms with van der Waals surface area (Å²) >= 11 is 0. The van der Waals surface area contributed by atoms with Crippen molar-refractivity contribution in [1.29, 1.82) is 0 Å². The molecule has 4 nitrogen and oxygen atoms in total. The van der Waals surface area contributed by atoms with Crippen LogP contribution in [0.15, 0.2) is 18.5 Å². The van der Waals surface area contributed by atoms with E-state index in [2.05, 4.69) is 31.2 Å². The van der Waals surface area contributed by atoms with Crippen molar-refractivity contribution in [2.24, 2.45) is 5.92 Å². The summed E-state index contributed by atoms with van der Waals surface area (Å²) in [6, 6.07) is 2.34. The molecule has 0 amide bonds. The van der Waals surface area contributed by atoms with Crippen molar-refractivity contribution >= 4 is 0 Å². The molecule has 0 aliphatic carbocycles. The number of nitrogens with one attached hydrogen (secondary N) is 1. The number of hydrogen-bond acceptors (Lipinski definition) is 3. The van der Waals surface area contributed by atoms with Gasteiger partial charge in [0, 0.05) is 25.0 Å². The highest BCUT2D eigenvalue weighted by Gasteiger charge is 2.12. The highest BCUT2D eigenvalue weighted by atomic mass is 16.3. The van der Waals surface area contributed by atoms with Gasteiger partial charge in [0.2, 0.25) is 0 Å². The maximum atomic E-state index is 9.82. The summed E-state index contributed by atoms with van der Waals surface area (Å²) in [5, 5.41) is 17.3. The summed E-state index contributed by atoms with van der Waals surface area (Å²) in [4.78, 5) is 0. The summed E-state index contributed by atoms with van der Waals surface area (Å²) < 4.78 is 1.75. The van der Waals surface area contributed by atoms with Crippen LogP contribution in [0.25, 0.3) is 0 Å². The van der Waals surface area contributed by atoms with Gasteiger partial charge in [-0.15, -0.1) is 0 Å². The maximum absolute atomic E-state index is 9.82. The van der Waals surface area contributed by atoms with Gasteiger partial charge >= 0.3 is 0 Å². The standard InChI is InChI=1S/C12H23N3O/c1-4-12(10(2)3)13-8-11(16)9-15-7-5-6-14-15/h5-7,10-13,16H,4,8-9H2,1-3H3. The molecule has 0 aliphatic rings. The van der Waals surface area contributed by atoms with Gasteiger partial charge in [-0.05, 0) is 18.4 Å². The molecule has 0 fully saturated rings. The lowest BCUT2D eigenvalue weighted by molar-refractivity contribution is 0.139. The van der Waals surface area contributed by atoms with Gasteiger partial charge in [-0.3, -0.25) is 4.68 Å². The van der Waals surface area contributed by atoms with Crippen LogP contribution in [0.4, 0.5) is 0 Å². The Hall–Kier alpha value is -0.870. The van der Waals surface area contributed by atoms with E-state index < -0.39 is 0 Å². The largest absolute Gasteiger partial charge is 0.390 e. The van der Waals surface area contributed by atoms with Crippen molar-refractivity contribution in [3.05, 3.63) is 18.5 Å². The first-order valence-corrected chi connectivity index (χ1v) is 6.02. The molecule has 2 N–H and O–H groups in total. The third-order valence-electron chi connectivity index (χ3n) is 2.82. The topological polar surface area (TPSA) is 50.1 Å². The van der Waals surface area contributed by atoms with Crippen molar-refractivity contribution in [2.75, 3.05) is 6.54 Å². The minimum absolute atomic E-state index is 0.382. The monoisotopic (exact) mass is 225 g/mol. The van der Waals surface area contributed by atoms with Gasteiger partial charge in [-0.2, -0.15) is 5.10 Å². The van der Waals surface area contributed by atoms with Crippen molar-refractivity contribution in [3.8, 4) is 0 Å². The molecule has 0 saturated carbocycles. The summed E-state index contributed by atoms with van der Waals surface area (Å²) in [5.74, 6) is 0.599. The Morgan fingerprint density at radius 3 is 2.69 bits per heavy atom. The molecule has 0 aliphatic heterocycles. The normalized spacial score (nSPS) is 15.3. The highest BCUT2D eigenvalue weighted by molar-refractivity contribution is 4.79. The number of aliphatic hydroxyl groups excluding tert-OH is 1. The van der Waals surface area contributed by atoms with Gasteiger partial charge < -0.3 is 10.4 Å². The van der Waals surface area contributed by atoms with E-state index in [-0.39, 0.29) is 6.10 Å². The van der Waals surface area contributed by atoms with Crippen molar-refractivity contribution in [1.82, 2.24) is 15.1 Å². The molecule has 92 valence electrons. The first kappa shape index (κ1) is 13.2. The molecular formula is C12H23N3O. The number of rotatable bonds is 7. The number of nitrogens with zero attached hydrogens (tertiary/aromatic N) is 2. The SMILES string of the molecule is CCC(NCC(O)Cn1cccn1)C(C)C. The molecule has 0 saturated heterocycles. The molecule has 0 aromatic carbocycles. The van der Waals surface area contributed by atoms with E-state index in [0.29, 0.717) is 25.0 Å². The van der Waals surface area contributed by atoms with Gasteiger partial charge in [0.15, 0.2) is 0 Å². The van der Waals surface area contributed by atoms with E-state index >= 15 is 0 Å². The zero-order chi connectivity index (χ0) is 12.0. The second-order valence-corrected chi connectivity index (χ2v) is 4.55. The first-order valence-electron chi connectivity index (χ1n) is 6.02. The smallest absolute Gasteiger partial charge is 0.0860 e. The zero-order valence-electron chi connectivity index (χ0n) is 10.4. The van der Waals surface area contributed by atoms with Crippen LogP contribution in [0.2, 0.25) is 0 Å². The molecule has 0 spiro atoms. The molecule has 1 aromatic heterocycles. The van der Waals surface area contributed by atoms with Crippen LogP contribution in [0, 0.1) is 5.92 Å². The Morgan fingerprint density at radius 2 is 2.19 bits per heavy atom. The van der Waals surface area contributed by atoms with E-state index in [0.717, 1.165) is 6.42 Å². The zero-order valence-corrected chi connectivity index (χ0v) is 10.4. The lowest BCUT2D eigenvalue weighted by Gasteiger charge is -2.22. The van der Waals surface area contributed by atoms with Gasteiger partial charge in [0.05, 0.1) is 12.6 Å². The van der Waals surface area contributed by atoms with E-state index in [4.69, 9.17) is 0 Å². The van der Waals surface area contributed by atoms with Crippen LogP contribution in [0.3, 0.4) is 0 Å². The molecule has 2 atom stereocenters. The number of aromatic nitrogens is 2. The molecule has 1 rings (SSSR count). The van der Waals surface area contributed by atoms with Crippen LogP contribution in [0.1, 0.15) is 27.2 Å². The lowest BCUT2D eigenvalue weighted by atomic mass is 10.0. The summed E-state index contributed by atoms with van der Waals surface area (Å²) in [5.41, 5.74) is 0. The predicted octanol–water partition coefficient (Wildman–Crippen LogP) is 1.27. The Morgan fingerprint density at radius 1 is 1.44 bits per heavy atom. The summed E-state index contributed by atoms with van der Waals surface area (Å²) in [6.45, 7) is 7.73. The van der Waals surface area contributed by atoms with E-state index in [9.17, 15) is 5.11 Å². The molecule has 1 heterocycles. The number of hydrogen-bond donors (Lipinski definition) is 2. The molecule has 1 aromatic rings. The lowest BCUT2D eigenvalue weighted by Crippen LogP contribution is -2.39. The Labute approximate surface area is 97.7 Å². The second kappa shape index (κ2) is 6.66. The fourth-order valence-electron chi connectivity index (χ4n) is 1.83. The fourth-order valence-corrected chi connectivity index (χ4v) is 1.83. The summed E-state index contributed by atoms with van der Waals surface area (Å²) in [6.07, 6.45) is 4.30. The first-order chi connectivity index (χ1) is 7.63. The average molecular weight is 225 g/mol. The van der Waals surface area contributed by atoms with Crippen LogP contribution < -0.4 is 5.32 Å². The minimum Gasteiger partial charge on any atom is -0.390 e. The van der Waals surface area contributed by atoms with E-state index in [1.165, 1.54) is 0 Å². The van der Waals surface area contributed by atoms with E-state index in [1.54, 1.807) is 10.9 Å². The van der Waals surface area contributed by atoms with Crippen LogP contribution in [-0.4, -0.2) is 33.6 Å². The third kappa shape index (κ3) is 4.33. The quantitative estimate of drug-likeness (QED) is 0.734. The Bertz CT molecular complexity index is 272. The van der Waals surface area contributed by atoms with Crippen LogP contribution >= 0.6 is 0 Å². The summed E-state index contributed by atoms with van der Waals surface area (Å²) in [7, 11) is 0. The van der Waals surface area contributed by atoms with Gasteiger partial charge in [0.25, 0.3) is 0 Å². The van der Waals surface area contributed by atoms with Gasteiger partial charge in [0.1, 0.15) is 0 Å². The van der Waals surface area contributed by atoms with Crippen LogP contribution in [-0.2, 0) is 6.54 Å². The number of aliphatic hydroxyl groups is 1.